The first-order valence-corrected chi connectivity index (χ1v) is 8.16. The number of aryl methyl sites for hydroxylation is 1. The average Bonchev–Trinajstić information content (AvgIpc) is 2.64. The van der Waals surface area contributed by atoms with E-state index in [0.29, 0.717) is 6.54 Å². The maximum Gasteiger partial charge on any atom is 0.194 e. The van der Waals surface area contributed by atoms with Crippen molar-refractivity contribution in [2.75, 3.05) is 38.1 Å². The Balaban J connectivity index is 0.00000225. The predicted molar refractivity (Wildman–Crippen MR) is 110 cm³/mol. The number of nitrogens with zero attached hydrogens (tertiary/aromatic N) is 6. The third-order valence-electron chi connectivity index (χ3n) is 4.03. The standard InChI is InChI=1S/C17H23N7.HI/c1-14-19-8-6-15(22-14)13-21-17(18-2)24-11-9-23(10-12-24)16-5-3-4-7-20-16;/h3-8H,9-13H2,1-2H3,(H,18,21);1H. The molecule has 2 aromatic heterocycles. The normalized spacial score (nSPS) is 14.9. The van der Waals surface area contributed by atoms with Crippen LogP contribution in [0.3, 0.4) is 0 Å². The zero-order valence-electron chi connectivity index (χ0n) is 14.6. The Bertz CT molecular complexity index is 684. The first-order chi connectivity index (χ1) is 11.8. The molecule has 0 saturated carbocycles. The van der Waals surface area contributed by atoms with E-state index < -0.39 is 0 Å². The van der Waals surface area contributed by atoms with Gasteiger partial charge in [-0.3, -0.25) is 4.99 Å². The molecule has 1 fully saturated rings. The molecule has 1 saturated heterocycles. The summed E-state index contributed by atoms with van der Waals surface area (Å²) >= 11 is 0. The molecular weight excluding hydrogens is 429 g/mol. The second kappa shape index (κ2) is 9.50. The summed E-state index contributed by atoms with van der Waals surface area (Å²) in [4.78, 5) is 21.9. The Hall–Kier alpha value is -1.97. The molecule has 2 aromatic rings. The zero-order chi connectivity index (χ0) is 16.8. The fraction of sp³-hybridized carbons (Fsp3) is 0.412. The SMILES string of the molecule is CN=C(NCc1ccnc(C)n1)N1CCN(c2ccccn2)CC1.I. The molecule has 0 bridgehead atoms. The Kier molecular flexibility index (Phi) is 7.35. The van der Waals surface area contributed by atoms with Crippen LogP contribution in [-0.2, 0) is 6.54 Å². The summed E-state index contributed by atoms with van der Waals surface area (Å²) in [5.74, 6) is 2.73. The first kappa shape index (κ1) is 19.4. The van der Waals surface area contributed by atoms with Crippen molar-refractivity contribution in [2.45, 2.75) is 13.5 Å². The van der Waals surface area contributed by atoms with E-state index >= 15 is 0 Å². The van der Waals surface area contributed by atoms with E-state index in [4.69, 9.17) is 0 Å². The molecule has 0 amide bonds. The number of aliphatic imine (C=N–C) groups is 1. The highest BCUT2D eigenvalue weighted by molar-refractivity contribution is 14.0. The number of halogens is 1. The predicted octanol–water partition coefficient (Wildman–Crippen LogP) is 1.70. The second-order valence-electron chi connectivity index (χ2n) is 5.66. The third kappa shape index (κ3) is 5.25. The maximum absolute atomic E-state index is 4.42. The van der Waals surface area contributed by atoms with E-state index in [1.54, 1.807) is 6.20 Å². The minimum atomic E-state index is 0. The van der Waals surface area contributed by atoms with Gasteiger partial charge < -0.3 is 15.1 Å². The minimum Gasteiger partial charge on any atom is -0.353 e. The van der Waals surface area contributed by atoms with Crippen LogP contribution in [0.2, 0.25) is 0 Å². The number of nitrogens with one attached hydrogen (secondary N) is 1. The summed E-state index contributed by atoms with van der Waals surface area (Å²) in [6.45, 7) is 6.25. The van der Waals surface area contributed by atoms with Gasteiger partial charge in [-0.2, -0.15) is 0 Å². The molecule has 134 valence electrons. The van der Waals surface area contributed by atoms with Crippen molar-refractivity contribution in [3.63, 3.8) is 0 Å². The number of pyridine rings is 1. The molecule has 0 radical (unpaired) electrons. The second-order valence-corrected chi connectivity index (χ2v) is 5.66. The molecule has 0 atom stereocenters. The lowest BCUT2D eigenvalue weighted by molar-refractivity contribution is 0.371. The van der Waals surface area contributed by atoms with Gasteiger partial charge in [-0.05, 0) is 25.1 Å². The summed E-state index contributed by atoms with van der Waals surface area (Å²) < 4.78 is 0. The van der Waals surface area contributed by atoms with Gasteiger partial charge in [0.05, 0.1) is 12.2 Å². The van der Waals surface area contributed by atoms with Gasteiger partial charge in [0.2, 0.25) is 0 Å². The maximum atomic E-state index is 4.42. The molecule has 1 N–H and O–H groups in total. The Morgan fingerprint density at radius 3 is 2.56 bits per heavy atom. The van der Waals surface area contributed by atoms with Gasteiger partial charge in [-0.1, -0.05) is 6.07 Å². The molecule has 3 heterocycles. The molecule has 1 aliphatic rings. The van der Waals surface area contributed by atoms with Crippen LogP contribution in [0.5, 0.6) is 0 Å². The van der Waals surface area contributed by atoms with Crippen LogP contribution < -0.4 is 10.2 Å². The molecule has 3 rings (SSSR count). The van der Waals surface area contributed by atoms with Crippen LogP contribution in [0.4, 0.5) is 5.82 Å². The fourth-order valence-electron chi connectivity index (χ4n) is 2.79. The van der Waals surface area contributed by atoms with Gasteiger partial charge in [0, 0.05) is 45.6 Å². The topological polar surface area (TPSA) is 69.5 Å². The lowest BCUT2D eigenvalue weighted by Crippen LogP contribution is -2.52. The zero-order valence-corrected chi connectivity index (χ0v) is 16.9. The molecule has 0 unspecified atom stereocenters. The Labute approximate surface area is 165 Å². The van der Waals surface area contributed by atoms with E-state index in [1.807, 2.05) is 38.4 Å². The van der Waals surface area contributed by atoms with Crippen molar-refractivity contribution in [2.24, 2.45) is 4.99 Å². The molecule has 0 aromatic carbocycles. The lowest BCUT2D eigenvalue weighted by Gasteiger charge is -2.37. The number of hydrogen-bond acceptors (Lipinski definition) is 5. The van der Waals surface area contributed by atoms with Crippen LogP contribution in [0.15, 0.2) is 41.7 Å². The molecule has 1 aliphatic heterocycles. The first-order valence-electron chi connectivity index (χ1n) is 8.16. The lowest BCUT2D eigenvalue weighted by atomic mass is 10.3. The van der Waals surface area contributed by atoms with E-state index in [2.05, 4.69) is 41.1 Å². The largest absolute Gasteiger partial charge is 0.353 e. The quantitative estimate of drug-likeness (QED) is 0.434. The number of rotatable bonds is 3. The van der Waals surface area contributed by atoms with Crippen molar-refractivity contribution in [3.8, 4) is 0 Å². The minimum absolute atomic E-state index is 0. The van der Waals surface area contributed by atoms with E-state index in [0.717, 1.165) is 49.5 Å². The van der Waals surface area contributed by atoms with Crippen molar-refractivity contribution in [1.29, 1.82) is 0 Å². The van der Waals surface area contributed by atoms with Crippen LogP contribution in [0.25, 0.3) is 0 Å². The molecule has 7 nitrogen and oxygen atoms in total. The molecule has 0 aliphatic carbocycles. The number of anilines is 1. The fourth-order valence-corrected chi connectivity index (χ4v) is 2.79. The summed E-state index contributed by atoms with van der Waals surface area (Å²) in [7, 11) is 1.82. The molecular formula is C17H24IN7. The van der Waals surface area contributed by atoms with Crippen LogP contribution >= 0.6 is 24.0 Å². The van der Waals surface area contributed by atoms with Gasteiger partial charge in [0.1, 0.15) is 11.6 Å². The molecule has 0 spiro atoms. The number of piperazine rings is 1. The molecule has 25 heavy (non-hydrogen) atoms. The van der Waals surface area contributed by atoms with Gasteiger partial charge in [0.25, 0.3) is 0 Å². The Morgan fingerprint density at radius 1 is 1.12 bits per heavy atom. The number of guanidine groups is 1. The van der Waals surface area contributed by atoms with Crippen LogP contribution in [0.1, 0.15) is 11.5 Å². The van der Waals surface area contributed by atoms with E-state index in [1.165, 1.54) is 0 Å². The Morgan fingerprint density at radius 2 is 1.92 bits per heavy atom. The summed E-state index contributed by atoms with van der Waals surface area (Å²) in [5.41, 5.74) is 0.968. The summed E-state index contributed by atoms with van der Waals surface area (Å²) in [5, 5.41) is 3.39. The summed E-state index contributed by atoms with van der Waals surface area (Å²) in [6.07, 6.45) is 3.62. The van der Waals surface area contributed by atoms with Crippen LogP contribution in [0, 0.1) is 6.92 Å². The van der Waals surface area contributed by atoms with Gasteiger partial charge >= 0.3 is 0 Å². The van der Waals surface area contributed by atoms with Gasteiger partial charge in [-0.15, -0.1) is 24.0 Å². The van der Waals surface area contributed by atoms with Crippen molar-refractivity contribution < 1.29 is 0 Å². The van der Waals surface area contributed by atoms with Crippen LogP contribution in [-0.4, -0.2) is 59.0 Å². The number of hydrogen-bond donors (Lipinski definition) is 1. The van der Waals surface area contributed by atoms with E-state index in [9.17, 15) is 0 Å². The highest BCUT2D eigenvalue weighted by Crippen LogP contribution is 2.12. The highest BCUT2D eigenvalue weighted by atomic mass is 127. The monoisotopic (exact) mass is 453 g/mol. The summed E-state index contributed by atoms with van der Waals surface area (Å²) in [6, 6.07) is 7.95. The van der Waals surface area contributed by atoms with Crippen molar-refractivity contribution in [1.82, 2.24) is 25.2 Å². The van der Waals surface area contributed by atoms with Crippen molar-refractivity contribution in [3.05, 3.63) is 48.2 Å². The smallest absolute Gasteiger partial charge is 0.194 e. The highest BCUT2D eigenvalue weighted by Gasteiger charge is 2.20. The van der Waals surface area contributed by atoms with Gasteiger partial charge in [0.15, 0.2) is 5.96 Å². The van der Waals surface area contributed by atoms with E-state index in [-0.39, 0.29) is 24.0 Å². The number of aromatic nitrogens is 3. The third-order valence-corrected chi connectivity index (χ3v) is 4.03. The average molecular weight is 453 g/mol. The van der Waals surface area contributed by atoms with Crippen molar-refractivity contribution >= 4 is 35.8 Å². The molecule has 8 heteroatoms. The van der Waals surface area contributed by atoms with Gasteiger partial charge in [-0.25, -0.2) is 15.0 Å².